The van der Waals surface area contributed by atoms with Crippen molar-refractivity contribution in [1.29, 1.82) is 0 Å². The Labute approximate surface area is 87.3 Å². The van der Waals surface area contributed by atoms with E-state index in [1.54, 1.807) is 0 Å². The summed E-state index contributed by atoms with van der Waals surface area (Å²) < 4.78 is 0. The van der Waals surface area contributed by atoms with Gasteiger partial charge in [-0.25, -0.2) is 0 Å². The highest BCUT2D eigenvalue weighted by Crippen LogP contribution is 2.17. The quantitative estimate of drug-likeness (QED) is 0.706. The maximum Gasteiger partial charge on any atom is 0.0586 e. The number of aliphatic hydroxyl groups is 1. The van der Waals surface area contributed by atoms with E-state index < -0.39 is 0 Å². The van der Waals surface area contributed by atoms with Crippen LogP contribution in [-0.2, 0) is 0 Å². The van der Waals surface area contributed by atoms with Gasteiger partial charge in [0.2, 0.25) is 0 Å². The zero-order valence-electron chi connectivity index (χ0n) is 9.28. The summed E-state index contributed by atoms with van der Waals surface area (Å²) in [7, 11) is 0. The molecule has 0 bridgehead atoms. The van der Waals surface area contributed by atoms with E-state index >= 15 is 0 Å². The van der Waals surface area contributed by atoms with E-state index in [0.717, 1.165) is 26.1 Å². The molecule has 1 heterocycles. The lowest BCUT2D eigenvalue weighted by molar-refractivity contribution is 0.112. The first kappa shape index (κ1) is 12.0. The SMILES string of the molecule is CC(CN)CN1CCCCCC1CO. The van der Waals surface area contributed by atoms with Crippen LogP contribution in [0, 0.1) is 5.92 Å². The highest BCUT2D eigenvalue weighted by molar-refractivity contribution is 4.76. The van der Waals surface area contributed by atoms with Gasteiger partial charge in [0.25, 0.3) is 0 Å². The molecule has 1 rings (SSSR count). The number of aliphatic hydroxyl groups excluding tert-OH is 1. The molecule has 0 spiro atoms. The van der Waals surface area contributed by atoms with E-state index in [4.69, 9.17) is 5.73 Å². The van der Waals surface area contributed by atoms with Crippen LogP contribution in [0.3, 0.4) is 0 Å². The van der Waals surface area contributed by atoms with Gasteiger partial charge in [0.05, 0.1) is 6.61 Å². The van der Waals surface area contributed by atoms with Crippen molar-refractivity contribution in [2.24, 2.45) is 11.7 Å². The van der Waals surface area contributed by atoms with E-state index in [1.165, 1.54) is 19.3 Å². The number of hydrogen-bond donors (Lipinski definition) is 2. The molecule has 2 atom stereocenters. The number of rotatable bonds is 4. The summed E-state index contributed by atoms with van der Waals surface area (Å²) in [6.07, 6.45) is 4.99. The summed E-state index contributed by atoms with van der Waals surface area (Å²) in [6, 6.07) is 0.381. The first-order valence-electron chi connectivity index (χ1n) is 5.83. The van der Waals surface area contributed by atoms with Gasteiger partial charge in [0.1, 0.15) is 0 Å². The van der Waals surface area contributed by atoms with Crippen molar-refractivity contribution >= 4 is 0 Å². The minimum atomic E-state index is 0.303. The van der Waals surface area contributed by atoms with Crippen molar-refractivity contribution in [1.82, 2.24) is 4.90 Å². The minimum absolute atomic E-state index is 0.303. The van der Waals surface area contributed by atoms with E-state index in [2.05, 4.69) is 11.8 Å². The molecule has 0 aliphatic carbocycles. The molecular formula is C11H24N2O. The number of nitrogens with two attached hydrogens (primary N) is 1. The number of likely N-dealkylation sites (tertiary alicyclic amines) is 1. The highest BCUT2D eigenvalue weighted by atomic mass is 16.3. The van der Waals surface area contributed by atoms with Crippen molar-refractivity contribution in [3.8, 4) is 0 Å². The molecule has 3 heteroatoms. The van der Waals surface area contributed by atoms with Gasteiger partial charge in [0, 0.05) is 12.6 Å². The molecule has 0 aromatic heterocycles. The molecule has 0 saturated carbocycles. The summed E-state index contributed by atoms with van der Waals surface area (Å²) >= 11 is 0. The lowest BCUT2D eigenvalue weighted by Gasteiger charge is -2.30. The normalized spacial score (nSPS) is 27.2. The summed E-state index contributed by atoms with van der Waals surface area (Å²) in [5.74, 6) is 0.544. The summed E-state index contributed by atoms with van der Waals surface area (Å²) in [4.78, 5) is 2.42. The summed E-state index contributed by atoms with van der Waals surface area (Å²) in [6.45, 7) is 5.41. The van der Waals surface area contributed by atoms with Gasteiger partial charge >= 0.3 is 0 Å². The van der Waals surface area contributed by atoms with Crippen molar-refractivity contribution in [3.63, 3.8) is 0 Å². The van der Waals surface area contributed by atoms with Gasteiger partial charge in [-0.3, -0.25) is 4.90 Å². The highest BCUT2D eigenvalue weighted by Gasteiger charge is 2.21. The molecule has 0 aromatic rings. The third-order valence-corrected chi connectivity index (χ3v) is 3.16. The van der Waals surface area contributed by atoms with Gasteiger partial charge in [-0.2, -0.15) is 0 Å². The Balaban J connectivity index is 2.43. The van der Waals surface area contributed by atoms with Crippen LogP contribution in [0.25, 0.3) is 0 Å². The monoisotopic (exact) mass is 200 g/mol. The van der Waals surface area contributed by atoms with Crippen molar-refractivity contribution in [3.05, 3.63) is 0 Å². The van der Waals surface area contributed by atoms with Gasteiger partial charge in [-0.15, -0.1) is 0 Å². The molecule has 1 saturated heterocycles. The van der Waals surface area contributed by atoms with Gasteiger partial charge < -0.3 is 10.8 Å². The topological polar surface area (TPSA) is 49.5 Å². The minimum Gasteiger partial charge on any atom is -0.395 e. The fourth-order valence-electron chi connectivity index (χ4n) is 2.16. The molecule has 1 fully saturated rings. The average molecular weight is 200 g/mol. The van der Waals surface area contributed by atoms with Crippen LogP contribution in [0.15, 0.2) is 0 Å². The van der Waals surface area contributed by atoms with E-state index in [9.17, 15) is 5.11 Å². The molecular weight excluding hydrogens is 176 g/mol. The fraction of sp³-hybridized carbons (Fsp3) is 1.00. The molecule has 84 valence electrons. The molecule has 0 amide bonds. The van der Waals surface area contributed by atoms with Crippen LogP contribution in [-0.4, -0.2) is 42.3 Å². The molecule has 14 heavy (non-hydrogen) atoms. The Kier molecular flexibility index (Phi) is 5.45. The second kappa shape index (κ2) is 6.38. The van der Waals surface area contributed by atoms with Gasteiger partial charge in [-0.05, 0) is 31.8 Å². The molecule has 2 unspecified atom stereocenters. The summed E-state index contributed by atoms with van der Waals surface area (Å²) in [5.41, 5.74) is 5.63. The maximum atomic E-state index is 9.30. The Hall–Kier alpha value is -0.120. The lowest BCUT2D eigenvalue weighted by atomic mass is 10.1. The Morgan fingerprint density at radius 1 is 1.43 bits per heavy atom. The van der Waals surface area contributed by atoms with Crippen LogP contribution >= 0.6 is 0 Å². The van der Waals surface area contributed by atoms with Gasteiger partial charge in [-0.1, -0.05) is 19.8 Å². The maximum absolute atomic E-state index is 9.30. The number of nitrogens with zero attached hydrogens (tertiary/aromatic N) is 1. The van der Waals surface area contributed by atoms with Crippen molar-refractivity contribution in [2.45, 2.75) is 38.6 Å². The van der Waals surface area contributed by atoms with E-state index in [1.807, 2.05) is 0 Å². The predicted molar refractivity (Wildman–Crippen MR) is 59.1 cm³/mol. The molecule has 1 aliphatic heterocycles. The third kappa shape index (κ3) is 3.56. The van der Waals surface area contributed by atoms with Gasteiger partial charge in [0.15, 0.2) is 0 Å². The van der Waals surface area contributed by atoms with E-state index in [-0.39, 0.29) is 0 Å². The number of hydrogen-bond acceptors (Lipinski definition) is 3. The molecule has 3 N–H and O–H groups in total. The molecule has 0 radical (unpaired) electrons. The average Bonchev–Trinajstić information content (AvgIpc) is 2.42. The zero-order valence-corrected chi connectivity index (χ0v) is 9.28. The van der Waals surface area contributed by atoms with Crippen LogP contribution < -0.4 is 5.73 Å². The zero-order chi connectivity index (χ0) is 10.4. The smallest absolute Gasteiger partial charge is 0.0586 e. The van der Waals surface area contributed by atoms with Crippen molar-refractivity contribution in [2.75, 3.05) is 26.2 Å². The first-order valence-corrected chi connectivity index (χ1v) is 5.83. The van der Waals surface area contributed by atoms with Crippen LogP contribution in [0.4, 0.5) is 0 Å². The third-order valence-electron chi connectivity index (χ3n) is 3.16. The first-order chi connectivity index (χ1) is 6.77. The Morgan fingerprint density at radius 3 is 2.86 bits per heavy atom. The van der Waals surface area contributed by atoms with Crippen molar-refractivity contribution < 1.29 is 5.11 Å². The van der Waals surface area contributed by atoms with Crippen LogP contribution in [0.2, 0.25) is 0 Å². The van der Waals surface area contributed by atoms with E-state index in [0.29, 0.717) is 18.6 Å². The molecule has 1 aliphatic rings. The standard InChI is InChI=1S/C11H24N2O/c1-10(7-12)8-13-6-4-2-3-5-11(13)9-14/h10-11,14H,2-9,12H2,1H3. The molecule has 3 nitrogen and oxygen atoms in total. The second-order valence-corrected chi connectivity index (χ2v) is 4.52. The summed E-state index contributed by atoms with van der Waals surface area (Å²) in [5, 5.41) is 9.30. The largest absolute Gasteiger partial charge is 0.395 e. The fourth-order valence-corrected chi connectivity index (χ4v) is 2.16. The molecule has 0 aromatic carbocycles. The van der Waals surface area contributed by atoms with Crippen LogP contribution in [0.1, 0.15) is 32.6 Å². The predicted octanol–water partition coefficient (Wildman–Crippen LogP) is 0.818. The second-order valence-electron chi connectivity index (χ2n) is 4.52. The van der Waals surface area contributed by atoms with Crippen LogP contribution in [0.5, 0.6) is 0 Å². The Bertz CT molecular complexity index is 152. The Morgan fingerprint density at radius 2 is 2.21 bits per heavy atom. The lowest BCUT2D eigenvalue weighted by Crippen LogP contribution is -2.41.